The van der Waals surface area contributed by atoms with Crippen LogP contribution in [0.25, 0.3) is 0 Å². The molecular formula is C38H70O2Si2. The molecule has 2 nitrogen and oxygen atoms in total. The summed E-state index contributed by atoms with van der Waals surface area (Å²) in [7, 11) is -3.34. The van der Waals surface area contributed by atoms with Crippen molar-refractivity contribution in [1.29, 1.82) is 0 Å². The second kappa shape index (κ2) is 12.2. The van der Waals surface area contributed by atoms with E-state index in [9.17, 15) is 0 Å². The molecular weight excluding hydrogens is 545 g/mol. The van der Waals surface area contributed by atoms with Crippen LogP contribution in [0.3, 0.4) is 0 Å². The van der Waals surface area contributed by atoms with Crippen molar-refractivity contribution < 1.29 is 8.85 Å². The molecule has 0 spiro atoms. The molecule has 3 saturated carbocycles. The quantitative estimate of drug-likeness (QED) is 0.146. The lowest BCUT2D eigenvalue weighted by Gasteiger charge is -2.59. The molecule has 4 rings (SSSR count). The van der Waals surface area contributed by atoms with Crippen molar-refractivity contribution in [2.24, 2.45) is 40.4 Å². The van der Waals surface area contributed by atoms with Gasteiger partial charge in [0.2, 0.25) is 0 Å². The van der Waals surface area contributed by atoms with Crippen LogP contribution in [0.4, 0.5) is 0 Å². The number of unbranched alkanes of at least 4 members (excludes halogenated alkanes) is 1. The van der Waals surface area contributed by atoms with Crippen molar-refractivity contribution in [3.8, 4) is 0 Å². The van der Waals surface area contributed by atoms with Gasteiger partial charge in [0.05, 0.1) is 0 Å². The fourth-order valence-corrected chi connectivity index (χ4v) is 11.9. The molecule has 4 aliphatic carbocycles. The summed E-state index contributed by atoms with van der Waals surface area (Å²) in [6.07, 6.45) is 21.4. The molecule has 1 unspecified atom stereocenters. The molecule has 0 aromatic heterocycles. The fraction of sp³-hybridized carbons (Fsp3) is 0.895. The Kier molecular flexibility index (Phi) is 10.1. The van der Waals surface area contributed by atoms with Gasteiger partial charge in [-0.15, -0.1) is 0 Å². The van der Waals surface area contributed by atoms with E-state index in [1.165, 1.54) is 51.4 Å². The van der Waals surface area contributed by atoms with E-state index >= 15 is 0 Å². The van der Waals surface area contributed by atoms with Gasteiger partial charge in [0.1, 0.15) is 0 Å². The minimum Gasteiger partial charge on any atom is -0.417 e. The molecule has 0 amide bonds. The van der Waals surface area contributed by atoms with Gasteiger partial charge in [-0.05, 0) is 141 Å². The van der Waals surface area contributed by atoms with Gasteiger partial charge in [-0.25, -0.2) is 0 Å². The van der Waals surface area contributed by atoms with E-state index in [0.717, 1.165) is 43.1 Å². The number of allylic oxidation sites excluding steroid dienone is 3. The maximum Gasteiger partial charge on any atom is 0.192 e. The molecule has 0 bridgehead atoms. The van der Waals surface area contributed by atoms with E-state index in [0.29, 0.717) is 27.9 Å². The average Bonchev–Trinajstić information content (AvgIpc) is 3.22. The third-order valence-electron chi connectivity index (χ3n) is 14.3. The first-order valence-corrected chi connectivity index (χ1v) is 23.7. The number of rotatable bonds is 9. The van der Waals surface area contributed by atoms with Crippen LogP contribution in [-0.4, -0.2) is 29.3 Å². The van der Waals surface area contributed by atoms with Crippen LogP contribution in [-0.2, 0) is 8.85 Å². The summed E-state index contributed by atoms with van der Waals surface area (Å²) in [4.78, 5) is 0. The Morgan fingerprint density at radius 2 is 1.57 bits per heavy atom. The number of fused-ring (bicyclic) bond motifs is 5. The standard InChI is InChI=1S/C38H70O2Si2/c1-28(17-15-14-16-26-39-41(10,11)35(2,3)4)32-20-21-33-31-19-18-29-27-30(40-42(12,13)36(5,6)7)22-24-37(29,8)34(31)23-25-38(32,33)9/h15,17-18,28,30-34H,14,16,19-27H2,1-13H3/t28-,30?,31-,32+,33-,34-,37-,38+/m0/s1. The topological polar surface area (TPSA) is 18.5 Å². The van der Waals surface area contributed by atoms with Gasteiger partial charge >= 0.3 is 0 Å². The molecule has 3 fully saturated rings. The first kappa shape index (κ1) is 34.7. The van der Waals surface area contributed by atoms with E-state index in [2.05, 4.69) is 107 Å². The van der Waals surface area contributed by atoms with Gasteiger partial charge in [-0.1, -0.05) is 86.1 Å². The highest BCUT2D eigenvalue weighted by atomic mass is 28.4. The Hall–Kier alpha value is -0.166. The van der Waals surface area contributed by atoms with Crippen LogP contribution in [0.15, 0.2) is 23.8 Å². The van der Waals surface area contributed by atoms with Crippen molar-refractivity contribution in [3.05, 3.63) is 23.8 Å². The monoisotopic (exact) mass is 614 g/mol. The third-order valence-corrected chi connectivity index (χ3v) is 23.3. The van der Waals surface area contributed by atoms with Gasteiger partial charge in [-0.2, -0.15) is 0 Å². The highest BCUT2D eigenvalue weighted by molar-refractivity contribution is 6.74. The van der Waals surface area contributed by atoms with E-state index < -0.39 is 16.6 Å². The molecule has 4 aliphatic rings. The third kappa shape index (κ3) is 6.68. The predicted octanol–water partition coefficient (Wildman–Crippen LogP) is 12.0. The zero-order valence-corrected chi connectivity index (χ0v) is 32.3. The summed E-state index contributed by atoms with van der Waals surface area (Å²) < 4.78 is 13.4. The van der Waals surface area contributed by atoms with Crippen LogP contribution >= 0.6 is 0 Å². The first-order chi connectivity index (χ1) is 19.2. The Morgan fingerprint density at radius 3 is 2.21 bits per heavy atom. The van der Waals surface area contributed by atoms with E-state index in [-0.39, 0.29) is 5.04 Å². The van der Waals surface area contributed by atoms with Crippen molar-refractivity contribution in [3.63, 3.8) is 0 Å². The van der Waals surface area contributed by atoms with Crippen molar-refractivity contribution in [1.82, 2.24) is 0 Å². The Balaban J connectivity index is 1.35. The summed E-state index contributed by atoms with van der Waals surface area (Å²) in [6.45, 7) is 32.6. The zero-order valence-electron chi connectivity index (χ0n) is 30.3. The molecule has 0 aromatic rings. The molecule has 0 radical (unpaired) electrons. The maximum atomic E-state index is 6.97. The molecule has 0 aromatic carbocycles. The van der Waals surface area contributed by atoms with E-state index in [4.69, 9.17) is 8.85 Å². The summed E-state index contributed by atoms with van der Waals surface area (Å²) in [5.74, 6) is 4.21. The lowest BCUT2D eigenvalue weighted by atomic mass is 9.47. The summed E-state index contributed by atoms with van der Waals surface area (Å²) >= 11 is 0. The van der Waals surface area contributed by atoms with Crippen LogP contribution in [0, 0.1) is 40.4 Å². The molecule has 242 valence electrons. The lowest BCUT2D eigenvalue weighted by Crippen LogP contribution is -2.52. The average molecular weight is 615 g/mol. The van der Waals surface area contributed by atoms with Crippen molar-refractivity contribution in [2.75, 3.05) is 6.61 Å². The van der Waals surface area contributed by atoms with Crippen molar-refractivity contribution in [2.45, 2.75) is 169 Å². The Morgan fingerprint density at radius 1 is 0.905 bits per heavy atom. The van der Waals surface area contributed by atoms with Crippen LogP contribution in [0.5, 0.6) is 0 Å². The summed E-state index contributed by atoms with van der Waals surface area (Å²) in [5.41, 5.74) is 2.69. The molecule has 4 heteroatoms. The largest absolute Gasteiger partial charge is 0.417 e. The first-order valence-electron chi connectivity index (χ1n) is 17.9. The summed E-state index contributed by atoms with van der Waals surface area (Å²) in [5, 5.41) is 0.592. The highest BCUT2D eigenvalue weighted by Gasteiger charge is 2.59. The molecule has 0 aliphatic heterocycles. The highest BCUT2D eigenvalue weighted by Crippen LogP contribution is 2.67. The molecule has 0 saturated heterocycles. The summed E-state index contributed by atoms with van der Waals surface area (Å²) in [6, 6.07) is 0. The van der Waals surface area contributed by atoms with Crippen LogP contribution in [0.1, 0.15) is 127 Å². The lowest BCUT2D eigenvalue weighted by molar-refractivity contribution is -0.0532. The van der Waals surface area contributed by atoms with E-state index in [1.807, 2.05) is 0 Å². The number of hydrogen-bond acceptors (Lipinski definition) is 2. The SMILES string of the molecule is C[C@@H](C=CCCCO[Si](C)(C)C(C)(C)C)[C@H]1CC[C@H]2[C@@H]3CC=C4CC(O[Si](C)(C)C(C)(C)C)CC[C@]4(C)[C@H]3CC[C@]12C. The van der Waals surface area contributed by atoms with Crippen LogP contribution < -0.4 is 0 Å². The smallest absolute Gasteiger partial charge is 0.192 e. The minimum atomic E-state index is -1.72. The molecule has 0 N–H and O–H groups in total. The van der Waals surface area contributed by atoms with Gasteiger partial charge in [0, 0.05) is 12.7 Å². The van der Waals surface area contributed by atoms with Crippen molar-refractivity contribution >= 4 is 16.6 Å². The van der Waals surface area contributed by atoms with E-state index in [1.54, 1.807) is 5.57 Å². The van der Waals surface area contributed by atoms with Gasteiger partial charge in [0.15, 0.2) is 16.6 Å². The van der Waals surface area contributed by atoms with Gasteiger partial charge in [0.25, 0.3) is 0 Å². The predicted molar refractivity (Wildman–Crippen MR) is 188 cm³/mol. The normalized spacial score (nSPS) is 36.8. The zero-order chi connectivity index (χ0) is 31.4. The van der Waals surface area contributed by atoms with Crippen LogP contribution in [0.2, 0.25) is 36.3 Å². The maximum absolute atomic E-state index is 6.97. The second-order valence-corrected chi connectivity index (χ2v) is 28.3. The van der Waals surface area contributed by atoms with Gasteiger partial charge in [-0.3, -0.25) is 0 Å². The number of hydrogen-bond donors (Lipinski definition) is 0. The molecule has 0 heterocycles. The second-order valence-electron chi connectivity index (χ2n) is 18.8. The minimum absolute atomic E-state index is 0.290. The molecule has 42 heavy (non-hydrogen) atoms. The molecule has 8 atom stereocenters. The van der Waals surface area contributed by atoms with Gasteiger partial charge < -0.3 is 8.85 Å². The fourth-order valence-electron chi connectivity index (χ4n) is 9.42. The Labute approximate surface area is 264 Å². The Bertz CT molecular complexity index is 998.